The van der Waals surface area contributed by atoms with Crippen LogP contribution in [0.1, 0.15) is 15.9 Å². The molecule has 3 aromatic rings. The number of carbonyl (C=O) groups excluding carboxylic acids is 2. The van der Waals surface area contributed by atoms with E-state index in [1.54, 1.807) is 18.3 Å². The summed E-state index contributed by atoms with van der Waals surface area (Å²) in [7, 11) is 0. The summed E-state index contributed by atoms with van der Waals surface area (Å²) in [6.45, 7) is 0. The highest BCUT2D eigenvalue weighted by Crippen LogP contribution is 2.17. The summed E-state index contributed by atoms with van der Waals surface area (Å²) in [4.78, 5) is 26.9. The number of aromatic nitrogens is 1. The summed E-state index contributed by atoms with van der Waals surface area (Å²) in [5.41, 5.74) is 6.77. The van der Waals surface area contributed by atoms with Crippen molar-refractivity contribution < 1.29 is 14.7 Å². The van der Waals surface area contributed by atoms with Crippen LogP contribution in [0.5, 0.6) is 5.75 Å². The molecule has 0 bridgehead atoms. The number of phenolic OH excluding ortho intramolecular Hbond substituents is 1. The van der Waals surface area contributed by atoms with Crippen LogP contribution in [-0.2, 0) is 11.2 Å². The molecule has 0 spiro atoms. The number of amides is 2. The smallest absolute Gasteiger partial charge is 0.269 e. The van der Waals surface area contributed by atoms with Crippen molar-refractivity contribution in [1.29, 1.82) is 0 Å². The molecule has 0 unspecified atom stereocenters. The van der Waals surface area contributed by atoms with Gasteiger partial charge in [-0.25, -0.2) is 0 Å². The minimum atomic E-state index is -0.492. The third kappa shape index (κ3) is 3.32. The molecule has 0 fully saturated rings. The summed E-state index contributed by atoms with van der Waals surface area (Å²) in [6.07, 6.45) is 1.92. The quantitative estimate of drug-likeness (QED) is 0.556. The first-order chi connectivity index (χ1) is 11.1. The summed E-state index contributed by atoms with van der Waals surface area (Å²) in [5, 5.41) is 10.3. The molecule has 116 valence electrons. The normalized spacial score (nSPS) is 10.4. The molecule has 0 aliphatic carbocycles. The maximum Gasteiger partial charge on any atom is 0.269 e. The van der Waals surface area contributed by atoms with Gasteiger partial charge in [0, 0.05) is 22.7 Å². The highest BCUT2D eigenvalue weighted by molar-refractivity contribution is 5.96. The number of phenols is 1. The molecule has 4 N–H and O–H groups in total. The Hall–Kier alpha value is -3.28. The second-order valence-electron chi connectivity index (χ2n) is 5.09. The third-order valence-corrected chi connectivity index (χ3v) is 3.45. The van der Waals surface area contributed by atoms with E-state index in [2.05, 4.69) is 15.8 Å². The molecule has 1 aromatic heterocycles. The molecule has 0 aliphatic heterocycles. The molecule has 1 heterocycles. The number of H-pyrrole nitrogens is 1. The lowest BCUT2D eigenvalue weighted by atomic mass is 10.1. The number of para-hydroxylation sites is 1. The second kappa shape index (κ2) is 6.23. The van der Waals surface area contributed by atoms with E-state index in [1.165, 1.54) is 12.1 Å². The highest BCUT2D eigenvalue weighted by atomic mass is 16.3. The fourth-order valence-corrected chi connectivity index (χ4v) is 2.34. The summed E-state index contributed by atoms with van der Waals surface area (Å²) in [5.74, 6) is -0.834. The van der Waals surface area contributed by atoms with Crippen LogP contribution in [0.4, 0.5) is 0 Å². The zero-order valence-corrected chi connectivity index (χ0v) is 12.2. The maximum atomic E-state index is 12.0. The largest absolute Gasteiger partial charge is 0.508 e. The maximum absolute atomic E-state index is 12.0. The second-order valence-corrected chi connectivity index (χ2v) is 5.09. The van der Waals surface area contributed by atoms with E-state index in [1.807, 2.05) is 24.3 Å². The van der Waals surface area contributed by atoms with E-state index >= 15 is 0 Å². The molecule has 2 aromatic carbocycles. The summed E-state index contributed by atoms with van der Waals surface area (Å²) >= 11 is 0. The van der Waals surface area contributed by atoms with Crippen molar-refractivity contribution in [3.8, 4) is 5.75 Å². The van der Waals surface area contributed by atoms with E-state index in [0.717, 1.165) is 16.5 Å². The van der Waals surface area contributed by atoms with Crippen molar-refractivity contribution >= 4 is 22.7 Å². The Morgan fingerprint density at radius 2 is 1.87 bits per heavy atom. The standard InChI is InChI=1S/C17H15N3O3/c21-13-5-3-4-11(8-13)17(23)20-19-16(22)9-12-10-18-15-7-2-1-6-14(12)15/h1-8,10,18,21H,9H2,(H,19,22)(H,20,23). The van der Waals surface area contributed by atoms with Gasteiger partial charge in [-0.15, -0.1) is 0 Å². The van der Waals surface area contributed by atoms with Crippen molar-refractivity contribution in [2.24, 2.45) is 0 Å². The molecule has 0 saturated carbocycles. The number of rotatable bonds is 3. The minimum Gasteiger partial charge on any atom is -0.508 e. The summed E-state index contributed by atoms with van der Waals surface area (Å²) in [6, 6.07) is 13.6. The number of hydrogen-bond donors (Lipinski definition) is 4. The van der Waals surface area contributed by atoms with E-state index in [-0.39, 0.29) is 23.6 Å². The lowest BCUT2D eigenvalue weighted by Crippen LogP contribution is -2.42. The lowest BCUT2D eigenvalue weighted by Gasteiger charge is -2.07. The fourth-order valence-electron chi connectivity index (χ4n) is 2.34. The molecule has 0 atom stereocenters. The number of hydrazine groups is 1. The van der Waals surface area contributed by atoms with E-state index in [4.69, 9.17) is 0 Å². The lowest BCUT2D eigenvalue weighted by molar-refractivity contribution is -0.121. The van der Waals surface area contributed by atoms with Crippen molar-refractivity contribution in [3.63, 3.8) is 0 Å². The summed E-state index contributed by atoms with van der Waals surface area (Å²) < 4.78 is 0. The molecule has 6 nitrogen and oxygen atoms in total. The molecule has 3 rings (SSSR count). The number of nitrogens with one attached hydrogen (secondary N) is 3. The average Bonchev–Trinajstić information content (AvgIpc) is 2.96. The Bertz CT molecular complexity index is 870. The zero-order chi connectivity index (χ0) is 16.2. The highest BCUT2D eigenvalue weighted by Gasteiger charge is 2.10. The first-order valence-electron chi connectivity index (χ1n) is 7.07. The van der Waals surface area contributed by atoms with Crippen molar-refractivity contribution in [1.82, 2.24) is 15.8 Å². The minimum absolute atomic E-state index is 0.0113. The monoisotopic (exact) mass is 309 g/mol. The first kappa shape index (κ1) is 14.6. The van der Waals surface area contributed by atoms with Gasteiger partial charge >= 0.3 is 0 Å². The Labute approximate surface area is 132 Å². The number of aromatic hydroxyl groups is 1. The Kier molecular flexibility index (Phi) is 3.97. The molecule has 0 aliphatic rings. The van der Waals surface area contributed by atoms with Gasteiger partial charge in [0.15, 0.2) is 0 Å². The van der Waals surface area contributed by atoms with Gasteiger partial charge in [0.05, 0.1) is 6.42 Å². The number of fused-ring (bicyclic) bond motifs is 1. The SMILES string of the molecule is O=C(Cc1c[nH]c2ccccc12)NNC(=O)c1cccc(O)c1. The van der Waals surface area contributed by atoms with Gasteiger partial charge in [0.25, 0.3) is 5.91 Å². The van der Waals surface area contributed by atoms with E-state index in [9.17, 15) is 14.7 Å². The van der Waals surface area contributed by atoms with Crippen LogP contribution in [0.15, 0.2) is 54.7 Å². The topological polar surface area (TPSA) is 94.2 Å². The molecule has 0 radical (unpaired) electrons. The van der Waals surface area contributed by atoms with Crippen molar-refractivity contribution in [3.05, 3.63) is 65.9 Å². The van der Waals surface area contributed by atoms with Gasteiger partial charge < -0.3 is 10.1 Å². The van der Waals surface area contributed by atoms with Crippen LogP contribution in [-0.4, -0.2) is 21.9 Å². The fraction of sp³-hybridized carbons (Fsp3) is 0.0588. The Morgan fingerprint density at radius 1 is 1.04 bits per heavy atom. The zero-order valence-electron chi connectivity index (χ0n) is 12.2. The van der Waals surface area contributed by atoms with Crippen LogP contribution >= 0.6 is 0 Å². The third-order valence-electron chi connectivity index (χ3n) is 3.45. The van der Waals surface area contributed by atoms with Crippen molar-refractivity contribution in [2.45, 2.75) is 6.42 Å². The van der Waals surface area contributed by atoms with Gasteiger partial charge in [-0.2, -0.15) is 0 Å². The molecular formula is C17H15N3O3. The van der Waals surface area contributed by atoms with Gasteiger partial charge in [-0.3, -0.25) is 20.4 Å². The van der Waals surface area contributed by atoms with Crippen LogP contribution < -0.4 is 10.9 Å². The van der Waals surface area contributed by atoms with Crippen LogP contribution in [0, 0.1) is 0 Å². The molecule has 0 saturated heterocycles. The molecular weight excluding hydrogens is 294 g/mol. The Balaban J connectivity index is 1.60. The average molecular weight is 309 g/mol. The van der Waals surface area contributed by atoms with E-state index < -0.39 is 5.91 Å². The number of carbonyl (C=O) groups is 2. The first-order valence-corrected chi connectivity index (χ1v) is 7.07. The van der Waals surface area contributed by atoms with Crippen LogP contribution in [0.3, 0.4) is 0 Å². The van der Waals surface area contributed by atoms with Gasteiger partial charge in [-0.1, -0.05) is 24.3 Å². The number of benzene rings is 2. The molecule has 2 amide bonds. The van der Waals surface area contributed by atoms with Gasteiger partial charge in [-0.05, 0) is 29.8 Å². The van der Waals surface area contributed by atoms with Gasteiger partial charge in [0.1, 0.15) is 5.75 Å². The number of aromatic amines is 1. The number of hydrogen-bond acceptors (Lipinski definition) is 3. The van der Waals surface area contributed by atoms with Gasteiger partial charge in [0.2, 0.25) is 5.91 Å². The van der Waals surface area contributed by atoms with E-state index in [0.29, 0.717) is 0 Å². The predicted octanol–water partition coefficient (Wildman–Crippen LogP) is 1.88. The predicted molar refractivity (Wildman–Crippen MR) is 85.7 cm³/mol. The van der Waals surface area contributed by atoms with Crippen LogP contribution in [0.25, 0.3) is 10.9 Å². The van der Waals surface area contributed by atoms with Crippen LogP contribution in [0.2, 0.25) is 0 Å². The Morgan fingerprint density at radius 3 is 2.70 bits per heavy atom. The molecule has 6 heteroatoms. The molecule has 23 heavy (non-hydrogen) atoms. The van der Waals surface area contributed by atoms with Crippen molar-refractivity contribution in [2.75, 3.05) is 0 Å².